The largest absolute Gasteiger partial charge is 0.463 e. The lowest BCUT2D eigenvalue weighted by molar-refractivity contribution is -0.139. The lowest BCUT2D eigenvalue weighted by atomic mass is 9.96. The van der Waals surface area contributed by atoms with E-state index in [9.17, 15) is 9.59 Å². The number of carbonyl (C=O) groups is 1. The van der Waals surface area contributed by atoms with Crippen molar-refractivity contribution in [3.05, 3.63) is 151 Å². The fourth-order valence-electron chi connectivity index (χ4n) is 6.02. The van der Waals surface area contributed by atoms with Gasteiger partial charge in [-0.05, 0) is 47.9 Å². The molecule has 7 heteroatoms. The molecule has 1 aliphatic rings. The van der Waals surface area contributed by atoms with Crippen molar-refractivity contribution in [2.75, 3.05) is 6.61 Å². The summed E-state index contributed by atoms with van der Waals surface area (Å²) in [5.74, 6) is -0.455. The van der Waals surface area contributed by atoms with Crippen LogP contribution < -0.4 is 14.9 Å². The maximum Gasteiger partial charge on any atom is 0.338 e. The summed E-state index contributed by atoms with van der Waals surface area (Å²) in [5, 5.41) is 3.51. The Hall–Kier alpha value is -5.01. The lowest BCUT2D eigenvalue weighted by Crippen LogP contribution is -2.39. The van der Waals surface area contributed by atoms with E-state index >= 15 is 0 Å². The molecule has 6 nitrogen and oxygen atoms in total. The number of aromatic nitrogens is 2. The number of rotatable bonds is 6. The number of esters is 1. The Morgan fingerprint density at radius 3 is 2.47 bits per heavy atom. The molecule has 0 N–H and O–H groups in total. The summed E-state index contributed by atoms with van der Waals surface area (Å²) < 4.78 is 9.85. The van der Waals surface area contributed by atoms with Gasteiger partial charge in [-0.25, -0.2) is 9.79 Å². The van der Waals surface area contributed by atoms with Crippen LogP contribution in [0.1, 0.15) is 36.6 Å². The summed E-state index contributed by atoms with van der Waals surface area (Å²) >= 11 is 1.34. The molecule has 2 aromatic heterocycles. The van der Waals surface area contributed by atoms with Crippen molar-refractivity contribution in [2.24, 2.45) is 4.99 Å². The Morgan fingerprint density at radius 2 is 1.65 bits per heavy atom. The zero-order chi connectivity index (χ0) is 29.5. The molecule has 212 valence electrons. The SMILES string of the molecule is CCOC(=O)C1=C(C)N=c2s/c(=C\c3cn(Cc4cccc5ccccc45)c4ccccc34)c(=O)n2[C@@H]1c1ccccc1. The normalized spacial score (nSPS) is 15.1. The van der Waals surface area contributed by atoms with Gasteiger partial charge in [0.25, 0.3) is 5.56 Å². The maximum absolute atomic E-state index is 14.1. The third-order valence-electron chi connectivity index (χ3n) is 7.96. The number of thiazole rings is 1. The fraction of sp³-hybridized carbons (Fsp3) is 0.139. The number of hydrogen-bond donors (Lipinski definition) is 0. The Morgan fingerprint density at radius 1 is 0.930 bits per heavy atom. The highest BCUT2D eigenvalue weighted by molar-refractivity contribution is 7.07. The second-order valence-corrected chi connectivity index (χ2v) is 11.6. The topological polar surface area (TPSA) is 65.6 Å². The van der Waals surface area contributed by atoms with Crippen molar-refractivity contribution < 1.29 is 9.53 Å². The highest BCUT2D eigenvalue weighted by Crippen LogP contribution is 2.31. The first-order valence-electron chi connectivity index (χ1n) is 14.3. The van der Waals surface area contributed by atoms with Crippen molar-refractivity contribution in [1.82, 2.24) is 9.13 Å². The smallest absolute Gasteiger partial charge is 0.338 e. The molecule has 1 aliphatic heterocycles. The first-order chi connectivity index (χ1) is 21.0. The number of para-hydroxylation sites is 1. The third kappa shape index (κ3) is 4.72. The summed E-state index contributed by atoms with van der Waals surface area (Å²) in [6.07, 6.45) is 4.08. The van der Waals surface area contributed by atoms with E-state index in [1.165, 1.54) is 27.7 Å². The monoisotopic (exact) mass is 583 g/mol. The minimum atomic E-state index is -0.619. The maximum atomic E-state index is 14.1. The van der Waals surface area contributed by atoms with Crippen LogP contribution >= 0.6 is 11.3 Å². The molecule has 3 heterocycles. The minimum absolute atomic E-state index is 0.183. The van der Waals surface area contributed by atoms with E-state index in [1.54, 1.807) is 18.4 Å². The van der Waals surface area contributed by atoms with Crippen LogP contribution in [0.5, 0.6) is 0 Å². The zero-order valence-electron chi connectivity index (χ0n) is 23.9. The van der Waals surface area contributed by atoms with Crippen LogP contribution in [0.2, 0.25) is 0 Å². The number of carbonyl (C=O) groups excluding carboxylic acids is 1. The van der Waals surface area contributed by atoms with Gasteiger partial charge in [0.1, 0.15) is 0 Å². The Bertz CT molecular complexity index is 2230. The molecular weight excluding hydrogens is 554 g/mol. The van der Waals surface area contributed by atoms with Gasteiger partial charge < -0.3 is 9.30 Å². The summed E-state index contributed by atoms with van der Waals surface area (Å²) in [5.41, 5.74) is 4.88. The van der Waals surface area contributed by atoms with Gasteiger partial charge in [0.2, 0.25) is 0 Å². The Kier molecular flexibility index (Phi) is 6.87. The number of hydrogen-bond acceptors (Lipinski definition) is 5. The first-order valence-corrected chi connectivity index (χ1v) is 15.1. The summed E-state index contributed by atoms with van der Waals surface area (Å²) in [4.78, 5) is 32.5. The van der Waals surface area contributed by atoms with Crippen molar-refractivity contribution in [3.8, 4) is 0 Å². The summed E-state index contributed by atoms with van der Waals surface area (Å²) in [7, 11) is 0. The van der Waals surface area contributed by atoms with Crippen molar-refractivity contribution in [3.63, 3.8) is 0 Å². The predicted molar refractivity (Wildman–Crippen MR) is 172 cm³/mol. The van der Waals surface area contributed by atoms with E-state index in [0.29, 0.717) is 27.1 Å². The standard InChI is InChI=1S/C36H29N3O3S/c1-3-42-35(41)32-23(2)37-36-39(33(32)25-13-5-4-6-14-25)34(40)31(43-36)20-27-22-38(30-19-10-9-18-29(27)30)21-26-16-11-15-24-12-7-8-17-28(24)26/h4-20,22,33H,3,21H2,1-2H3/b31-20-/t33-/m1/s1. The lowest BCUT2D eigenvalue weighted by Gasteiger charge is -2.24. The van der Waals surface area contributed by atoms with Crippen LogP contribution in [-0.4, -0.2) is 21.7 Å². The molecule has 1 atom stereocenters. The predicted octanol–water partition coefficient (Wildman–Crippen LogP) is 5.95. The van der Waals surface area contributed by atoms with Crippen molar-refractivity contribution in [2.45, 2.75) is 26.4 Å². The molecule has 6 aromatic rings. The van der Waals surface area contributed by atoms with Crippen LogP contribution in [-0.2, 0) is 16.1 Å². The van der Waals surface area contributed by atoms with Gasteiger partial charge in [-0.1, -0.05) is 102 Å². The molecule has 0 saturated carbocycles. The van der Waals surface area contributed by atoms with Gasteiger partial charge in [-0.3, -0.25) is 9.36 Å². The van der Waals surface area contributed by atoms with E-state index in [4.69, 9.17) is 9.73 Å². The summed E-state index contributed by atoms with van der Waals surface area (Å²) in [6, 6.07) is 32.1. The zero-order valence-corrected chi connectivity index (χ0v) is 24.7. The van der Waals surface area contributed by atoms with Crippen LogP contribution in [0.15, 0.2) is 124 Å². The van der Waals surface area contributed by atoms with E-state index < -0.39 is 12.0 Å². The average molecular weight is 584 g/mol. The third-order valence-corrected chi connectivity index (χ3v) is 8.94. The van der Waals surface area contributed by atoms with E-state index in [0.717, 1.165) is 22.0 Å². The van der Waals surface area contributed by atoms with Gasteiger partial charge in [-0.2, -0.15) is 0 Å². The summed E-state index contributed by atoms with van der Waals surface area (Å²) in [6.45, 7) is 4.52. The average Bonchev–Trinajstić information content (AvgIpc) is 3.53. The molecule has 0 saturated heterocycles. The van der Waals surface area contributed by atoms with E-state index in [2.05, 4.69) is 65.4 Å². The number of fused-ring (bicyclic) bond motifs is 3. The van der Waals surface area contributed by atoms with Gasteiger partial charge in [0.05, 0.1) is 28.5 Å². The number of nitrogens with zero attached hydrogens (tertiary/aromatic N) is 3. The Labute approximate surface area is 252 Å². The van der Waals surface area contributed by atoms with Crippen LogP contribution in [0.3, 0.4) is 0 Å². The van der Waals surface area contributed by atoms with Crippen LogP contribution in [0, 0.1) is 0 Å². The minimum Gasteiger partial charge on any atom is -0.463 e. The van der Waals surface area contributed by atoms with Crippen molar-refractivity contribution >= 4 is 45.1 Å². The number of ether oxygens (including phenoxy) is 1. The highest BCUT2D eigenvalue weighted by atomic mass is 32.1. The molecule has 43 heavy (non-hydrogen) atoms. The van der Waals surface area contributed by atoms with Crippen LogP contribution in [0.4, 0.5) is 0 Å². The number of benzene rings is 4. The first kappa shape index (κ1) is 26.9. The molecule has 0 radical (unpaired) electrons. The molecule has 0 unspecified atom stereocenters. The van der Waals surface area contributed by atoms with E-state index in [1.807, 2.05) is 48.5 Å². The molecule has 0 fully saturated rings. The molecule has 4 aromatic carbocycles. The Balaban J connectivity index is 1.38. The second-order valence-electron chi connectivity index (χ2n) is 10.6. The quantitative estimate of drug-likeness (QED) is 0.228. The molecule has 0 spiro atoms. The van der Waals surface area contributed by atoms with Gasteiger partial charge >= 0.3 is 5.97 Å². The van der Waals surface area contributed by atoms with E-state index in [-0.39, 0.29) is 12.2 Å². The van der Waals surface area contributed by atoms with Crippen LogP contribution in [0.25, 0.3) is 27.8 Å². The molecule has 0 amide bonds. The molecule has 7 rings (SSSR count). The fourth-order valence-corrected chi connectivity index (χ4v) is 7.06. The highest BCUT2D eigenvalue weighted by Gasteiger charge is 2.33. The second kappa shape index (κ2) is 11.0. The van der Waals surface area contributed by atoms with Gasteiger partial charge in [0, 0.05) is 29.2 Å². The number of allylic oxidation sites excluding steroid dienone is 1. The molecule has 0 aliphatic carbocycles. The van der Waals surface area contributed by atoms with Crippen molar-refractivity contribution in [1.29, 1.82) is 0 Å². The van der Waals surface area contributed by atoms with Gasteiger partial charge in [0.15, 0.2) is 4.80 Å². The molecule has 0 bridgehead atoms. The van der Waals surface area contributed by atoms with Gasteiger partial charge in [-0.15, -0.1) is 0 Å². The molecular formula is C36H29N3O3S.